The summed E-state index contributed by atoms with van der Waals surface area (Å²) in [7, 11) is 0. The van der Waals surface area contributed by atoms with Gasteiger partial charge in [-0.3, -0.25) is 4.90 Å². The monoisotopic (exact) mass is 425 g/mol. The van der Waals surface area contributed by atoms with E-state index >= 15 is 0 Å². The number of hydrogen-bond acceptors (Lipinski definition) is 5. The van der Waals surface area contributed by atoms with Crippen LogP contribution >= 0.6 is 0 Å². The summed E-state index contributed by atoms with van der Waals surface area (Å²) < 4.78 is 53.2. The standard InChI is InChI=1S/C21H27F4N5/c1-2-14-11-17(19(22)20(27)28-13-14)29-7-9-30(10-8-29)18(12-26)15-3-5-16(6-4-15)21(23,24)25/h3-6,13,18H,2,7-12,26H2,1H3,(H2,27,28). The summed E-state index contributed by atoms with van der Waals surface area (Å²) in [6.45, 7) is 4.65. The van der Waals surface area contributed by atoms with Crippen molar-refractivity contribution >= 4 is 5.84 Å². The molecule has 1 saturated heterocycles. The van der Waals surface area contributed by atoms with E-state index < -0.39 is 17.6 Å². The Balaban J connectivity index is 1.70. The van der Waals surface area contributed by atoms with Gasteiger partial charge in [0.2, 0.25) is 0 Å². The summed E-state index contributed by atoms with van der Waals surface area (Å²) in [5, 5.41) is 0. The third-order valence-corrected chi connectivity index (χ3v) is 5.70. The molecule has 0 amide bonds. The van der Waals surface area contributed by atoms with Gasteiger partial charge in [-0.2, -0.15) is 13.2 Å². The summed E-state index contributed by atoms with van der Waals surface area (Å²) in [6, 6.07) is 4.94. The number of nitrogens with two attached hydrogens (primary N) is 2. The number of alkyl halides is 3. The Morgan fingerprint density at radius 3 is 2.27 bits per heavy atom. The van der Waals surface area contributed by atoms with Crippen molar-refractivity contribution in [2.75, 3.05) is 32.7 Å². The number of nitrogens with zero attached hydrogens (tertiary/aromatic N) is 3. The second-order valence-corrected chi connectivity index (χ2v) is 7.49. The topological polar surface area (TPSA) is 70.9 Å². The molecule has 5 nitrogen and oxygen atoms in total. The molecule has 2 aliphatic rings. The van der Waals surface area contributed by atoms with Crippen LogP contribution in [0.2, 0.25) is 0 Å². The molecule has 9 heteroatoms. The fourth-order valence-corrected chi connectivity index (χ4v) is 3.86. The van der Waals surface area contributed by atoms with Crippen LogP contribution in [0.1, 0.15) is 36.9 Å². The summed E-state index contributed by atoms with van der Waals surface area (Å²) in [5.41, 5.74) is 13.3. The minimum Gasteiger partial charge on any atom is -0.381 e. The number of aliphatic imine (C=N–C) groups is 1. The summed E-state index contributed by atoms with van der Waals surface area (Å²) in [6.07, 6.45) is -1.51. The maximum Gasteiger partial charge on any atom is 0.416 e. The number of hydrogen-bond donors (Lipinski definition) is 2. The van der Waals surface area contributed by atoms with Crippen LogP contribution in [0.5, 0.6) is 0 Å². The fourth-order valence-electron chi connectivity index (χ4n) is 3.86. The molecule has 0 saturated carbocycles. The number of allylic oxidation sites excluding steroid dienone is 1. The lowest BCUT2D eigenvalue weighted by Crippen LogP contribution is -2.49. The summed E-state index contributed by atoms with van der Waals surface area (Å²) >= 11 is 0. The maximum atomic E-state index is 14.7. The first-order valence-corrected chi connectivity index (χ1v) is 10.0. The van der Waals surface area contributed by atoms with E-state index in [-0.39, 0.29) is 18.4 Å². The van der Waals surface area contributed by atoms with E-state index in [1.54, 1.807) is 6.20 Å². The van der Waals surface area contributed by atoms with Gasteiger partial charge < -0.3 is 16.4 Å². The van der Waals surface area contributed by atoms with Gasteiger partial charge in [-0.05, 0) is 29.7 Å². The number of amidine groups is 1. The highest BCUT2D eigenvalue weighted by atomic mass is 19.4. The van der Waals surface area contributed by atoms with E-state index in [1.165, 1.54) is 12.1 Å². The van der Waals surface area contributed by atoms with Crippen LogP contribution in [-0.2, 0) is 6.18 Å². The molecule has 0 radical (unpaired) electrons. The number of benzene rings is 1. The molecule has 0 spiro atoms. The van der Waals surface area contributed by atoms with Crippen LogP contribution in [0.15, 0.2) is 52.6 Å². The molecular weight excluding hydrogens is 398 g/mol. The van der Waals surface area contributed by atoms with Crippen LogP contribution in [0.4, 0.5) is 17.6 Å². The Kier molecular flexibility index (Phi) is 6.82. The molecular formula is C21H27F4N5. The summed E-state index contributed by atoms with van der Waals surface area (Å²) in [5.74, 6) is -0.596. The van der Waals surface area contributed by atoms with Gasteiger partial charge in [0.1, 0.15) is 0 Å². The van der Waals surface area contributed by atoms with Gasteiger partial charge >= 0.3 is 6.18 Å². The highest BCUT2D eigenvalue weighted by Crippen LogP contribution is 2.32. The molecule has 3 rings (SSSR count). The zero-order valence-electron chi connectivity index (χ0n) is 16.9. The lowest BCUT2D eigenvalue weighted by atomic mass is 10.0. The first-order valence-electron chi connectivity index (χ1n) is 10.0. The minimum absolute atomic E-state index is 0.111. The largest absolute Gasteiger partial charge is 0.416 e. The molecule has 0 bridgehead atoms. The van der Waals surface area contributed by atoms with Crippen molar-refractivity contribution in [1.82, 2.24) is 9.80 Å². The predicted octanol–water partition coefficient (Wildman–Crippen LogP) is 3.56. The van der Waals surface area contributed by atoms with E-state index in [9.17, 15) is 17.6 Å². The number of halogens is 4. The third kappa shape index (κ3) is 4.84. The SMILES string of the molecule is CCC1=CN=C(N)C(F)=C(N2CCN(C(CN)c3ccc(C(F)(F)F)cc3)CC2)C1. The van der Waals surface area contributed by atoms with Gasteiger partial charge in [0, 0.05) is 51.4 Å². The lowest BCUT2D eigenvalue weighted by molar-refractivity contribution is -0.137. The molecule has 1 aromatic rings. The van der Waals surface area contributed by atoms with Crippen LogP contribution in [-0.4, -0.2) is 48.4 Å². The molecule has 2 aliphatic heterocycles. The third-order valence-electron chi connectivity index (χ3n) is 5.70. The van der Waals surface area contributed by atoms with Crippen LogP contribution in [0.25, 0.3) is 0 Å². The van der Waals surface area contributed by atoms with Gasteiger partial charge in [0.15, 0.2) is 11.7 Å². The molecule has 1 aromatic carbocycles. The predicted molar refractivity (Wildman–Crippen MR) is 109 cm³/mol. The maximum absolute atomic E-state index is 14.7. The molecule has 30 heavy (non-hydrogen) atoms. The average Bonchev–Trinajstić information content (AvgIpc) is 2.88. The van der Waals surface area contributed by atoms with Gasteiger partial charge in [0.25, 0.3) is 0 Å². The zero-order valence-corrected chi connectivity index (χ0v) is 16.9. The van der Waals surface area contributed by atoms with Gasteiger partial charge in [-0.1, -0.05) is 19.1 Å². The zero-order chi connectivity index (χ0) is 21.9. The average molecular weight is 425 g/mol. The van der Waals surface area contributed by atoms with Gasteiger partial charge in [0.05, 0.1) is 11.3 Å². The first kappa shape index (κ1) is 22.3. The first-order chi connectivity index (χ1) is 14.2. The molecule has 2 heterocycles. The van der Waals surface area contributed by atoms with E-state index in [1.807, 2.05) is 11.8 Å². The second kappa shape index (κ2) is 9.18. The van der Waals surface area contributed by atoms with Crippen molar-refractivity contribution in [3.05, 3.63) is 58.7 Å². The molecule has 4 N–H and O–H groups in total. The lowest BCUT2D eigenvalue weighted by Gasteiger charge is -2.41. The van der Waals surface area contributed by atoms with Crippen molar-refractivity contribution in [3.8, 4) is 0 Å². The van der Waals surface area contributed by atoms with Crippen LogP contribution in [0, 0.1) is 0 Å². The van der Waals surface area contributed by atoms with E-state index in [0.717, 1.165) is 29.7 Å². The number of piperazine rings is 1. The van der Waals surface area contributed by atoms with Crippen LogP contribution < -0.4 is 11.5 Å². The van der Waals surface area contributed by atoms with Crippen molar-refractivity contribution in [2.45, 2.75) is 32.0 Å². The fraction of sp³-hybridized carbons (Fsp3) is 0.476. The quantitative estimate of drug-likeness (QED) is 0.708. The Bertz CT molecular complexity index is 834. The second-order valence-electron chi connectivity index (χ2n) is 7.49. The van der Waals surface area contributed by atoms with E-state index in [0.29, 0.717) is 38.3 Å². The smallest absolute Gasteiger partial charge is 0.381 e. The molecule has 1 unspecified atom stereocenters. The minimum atomic E-state index is -4.37. The Morgan fingerprint density at radius 2 is 1.73 bits per heavy atom. The Hall–Kier alpha value is -2.39. The molecule has 164 valence electrons. The highest BCUT2D eigenvalue weighted by Gasteiger charge is 2.31. The molecule has 1 fully saturated rings. The van der Waals surface area contributed by atoms with Crippen molar-refractivity contribution in [3.63, 3.8) is 0 Å². The van der Waals surface area contributed by atoms with Crippen molar-refractivity contribution in [1.29, 1.82) is 0 Å². The van der Waals surface area contributed by atoms with E-state index in [2.05, 4.69) is 9.89 Å². The highest BCUT2D eigenvalue weighted by molar-refractivity contribution is 5.96. The summed E-state index contributed by atoms with van der Waals surface area (Å²) in [4.78, 5) is 8.09. The molecule has 0 aromatic heterocycles. The molecule has 1 atom stereocenters. The number of rotatable bonds is 5. The van der Waals surface area contributed by atoms with Crippen LogP contribution in [0.3, 0.4) is 0 Å². The van der Waals surface area contributed by atoms with E-state index in [4.69, 9.17) is 11.5 Å². The Labute approximate surface area is 173 Å². The van der Waals surface area contributed by atoms with Crippen molar-refractivity contribution < 1.29 is 17.6 Å². The van der Waals surface area contributed by atoms with Crippen molar-refractivity contribution in [2.24, 2.45) is 16.5 Å². The normalized spacial score (nSPS) is 20.0. The Morgan fingerprint density at radius 1 is 1.10 bits per heavy atom. The van der Waals surface area contributed by atoms with Gasteiger partial charge in [-0.25, -0.2) is 9.38 Å². The van der Waals surface area contributed by atoms with Gasteiger partial charge in [-0.15, -0.1) is 0 Å². The molecule has 0 aliphatic carbocycles.